The van der Waals surface area contributed by atoms with Crippen molar-refractivity contribution >= 4 is 5.69 Å². The quantitative estimate of drug-likeness (QED) is 0.751. The molecule has 74 valence electrons. The fourth-order valence-corrected chi connectivity index (χ4v) is 1.61. The maximum absolute atomic E-state index is 11.5. The number of hydrogen-bond acceptors (Lipinski definition) is 2. The molecule has 1 aromatic heterocycles. The third-order valence-corrected chi connectivity index (χ3v) is 2.31. The summed E-state index contributed by atoms with van der Waals surface area (Å²) in [6, 6.07) is 0. The van der Waals surface area contributed by atoms with Gasteiger partial charge in [0.2, 0.25) is 0 Å². The third-order valence-electron chi connectivity index (χ3n) is 2.31. The average Bonchev–Trinajstić information content (AvgIpc) is 2.31. The second-order valence-corrected chi connectivity index (χ2v) is 3.15. The first-order valence-electron chi connectivity index (χ1n) is 4.67. The van der Waals surface area contributed by atoms with E-state index in [4.69, 9.17) is 5.73 Å². The van der Waals surface area contributed by atoms with E-state index in [2.05, 4.69) is 6.92 Å². The van der Waals surface area contributed by atoms with Crippen LogP contribution in [0.25, 0.3) is 0 Å². The van der Waals surface area contributed by atoms with Crippen molar-refractivity contribution in [3.05, 3.63) is 16.0 Å². The van der Waals surface area contributed by atoms with Gasteiger partial charge in [-0.15, -0.1) is 0 Å². The Bertz CT molecular complexity index is 348. The third kappa shape index (κ3) is 1.48. The van der Waals surface area contributed by atoms with E-state index in [0.29, 0.717) is 12.2 Å². The second kappa shape index (κ2) is 3.68. The molecule has 0 aliphatic heterocycles. The van der Waals surface area contributed by atoms with Crippen LogP contribution < -0.4 is 11.3 Å². The summed E-state index contributed by atoms with van der Waals surface area (Å²) in [5.74, 6) is 0. The molecule has 1 aromatic rings. The molecule has 0 aliphatic carbocycles. The summed E-state index contributed by atoms with van der Waals surface area (Å²) in [6.07, 6.45) is 1.87. The van der Waals surface area contributed by atoms with E-state index in [0.717, 1.165) is 18.5 Å². The van der Waals surface area contributed by atoms with Gasteiger partial charge in [-0.1, -0.05) is 13.3 Å². The van der Waals surface area contributed by atoms with E-state index in [9.17, 15) is 4.79 Å². The van der Waals surface area contributed by atoms with Gasteiger partial charge in [-0.05, 0) is 13.3 Å². The number of nitrogens with two attached hydrogens (primary N) is 1. The molecule has 13 heavy (non-hydrogen) atoms. The van der Waals surface area contributed by atoms with Gasteiger partial charge < -0.3 is 5.73 Å². The average molecular weight is 183 g/mol. The van der Waals surface area contributed by atoms with Crippen LogP contribution in [0, 0.1) is 0 Å². The van der Waals surface area contributed by atoms with Gasteiger partial charge in [-0.2, -0.15) is 0 Å². The Morgan fingerprint density at radius 2 is 2.00 bits per heavy atom. The van der Waals surface area contributed by atoms with Gasteiger partial charge in [-0.25, -0.2) is 4.68 Å². The van der Waals surface area contributed by atoms with Crippen LogP contribution in [0.5, 0.6) is 0 Å². The molecule has 0 bridgehead atoms. The van der Waals surface area contributed by atoms with Crippen molar-refractivity contribution in [2.24, 2.45) is 7.05 Å². The highest BCUT2D eigenvalue weighted by molar-refractivity contribution is 5.41. The molecule has 0 radical (unpaired) electrons. The van der Waals surface area contributed by atoms with E-state index >= 15 is 0 Å². The Morgan fingerprint density at radius 3 is 2.38 bits per heavy atom. The Labute approximate surface area is 77.9 Å². The highest BCUT2D eigenvalue weighted by atomic mass is 16.1. The van der Waals surface area contributed by atoms with Crippen LogP contribution in [0.3, 0.4) is 0 Å². The molecule has 0 amide bonds. The molecule has 0 fully saturated rings. The van der Waals surface area contributed by atoms with Crippen LogP contribution >= 0.6 is 0 Å². The topological polar surface area (TPSA) is 53.0 Å². The summed E-state index contributed by atoms with van der Waals surface area (Å²) in [6.45, 7) is 4.69. The minimum atomic E-state index is -0.0616. The monoisotopic (exact) mass is 183 g/mol. The first kappa shape index (κ1) is 9.89. The van der Waals surface area contributed by atoms with Gasteiger partial charge in [0.1, 0.15) is 5.69 Å². The normalized spacial score (nSPS) is 10.7. The molecule has 0 saturated heterocycles. The van der Waals surface area contributed by atoms with E-state index in [1.807, 2.05) is 18.7 Å². The highest BCUT2D eigenvalue weighted by Crippen LogP contribution is 2.09. The van der Waals surface area contributed by atoms with Gasteiger partial charge in [0, 0.05) is 13.6 Å². The van der Waals surface area contributed by atoms with E-state index in [-0.39, 0.29) is 5.56 Å². The van der Waals surface area contributed by atoms with E-state index in [1.54, 1.807) is 4.68 Å². The molecule has 0 atom stereocenters. The summed E-state index contributed by atoms with van der Waals surface area (Å²) in [7, 11) is 1.88. The Balaban J connectivity index is 3.28. The van der Waals surface area contributed by atoms with Crippen molar-refractivity contribution in [3.63, 3.8) is 0 Å². The molecule has 1 rings (SSSR count). The van der Waals surface area contributed by atoms with Crippen LogP contribution in [0.15, 0.2) is 4.79 Å². The summed E-state index contributed by atoms with van der Waals surface area (Å²) in [5, 5.41) is 0. The first-order chi connectivity index (χ1) is 6.13. The SMILES string of the molecule is CCCc1c(N)c(=O)n(CC)n1C. The number of hydrogen-bond donors (Lipinski definition) is 1. The molecule has 4 nitrogen and oxygen atoms in total. The van der Waals surface area contributed by atoms with Gasteiger partial charge >= 0.3 is 0 Å². The molecular weight excluding hydrogens is 166 g/mol. The molecular formula is C9H17N3O. The molecule has 0 unspecified atom stereocenters. The predicted molar refractivity (Wildman–Crippen MR) is 53.8 cm³/mol. The molecule has 0 spiro atoms. The van der Waals surface area contributed by atoms with Crippen molar-refractivity contribution < 1.29 is 0 Å². The Morgan fingerprint density at radius 1 is 1.38 bits per heavy atom. The summed E-state index contributed by atoms with van der Waals surface area (Å²) in [4.78, 5) is 11.5. The number of nitrogen functional groups attached to an aromatic ring is 1. The molecule has 0 aromatic carbocycles. The zero-order chi connectivity index (χ0) is 10.0. The lowest BCUT2D eigenvalue weighted by molar-refractivity contribution is 0.502. The van der Waals surface area contributed by atoms with Crippen molar-refractivity contribution in [2.45, 2.75) is 33.2 Å². The van der Waals surface area contributed by atoms with Crippen molar-refractivity contribution in [2.75, 3.05) is 5.73 Å². The maximum Gasteiger partial charge on any atom is 0.290 e. The van der Waals surface area contributed by atoms with Crippen LogP contribution in [-0.2, 0) is 20.0 Å². The van der Waals surface area contributed by atoms with Gasteiger partial charge in [0.15, 0.2) is 0 Å². The summed E-state index contributed by atoms with van der Waals surface area (Å²) in [5.41, 5.74) is 7.01. The number of aromatic nitrogens is 2. The van der Waals surface area contributed by atoms with Crippen LogP contribution in [0.1, 0.15) is 26.0 Å². The molecule has 2 N–H and O–H groups in total. The zero-order valence-corrected chi connectivity index (χ0v) is 8.50. The van der Waals surface area contributed by atoms with Crippen molar-refractivity contribution in [1.29, 1.82) is 0 Å². The lowest BCUT2D eigenvalue weighted by Gasteiger charge is -2.06. The Kier molecular flexibility index (Phi) is 2.80. The molecule has 1 heterocycles. The van der Waals surface area contributed by atoms with Gasteiger partial charge in [0.25, 0.3) is 5.56 Å². The molecule has 4 heteroatoms. The predicted octanol–water partition coefficient (Wildman–Crippen LogP) is 0.741. The van der Waals surface area contributed by atoms with Crippen LogP contribution in [0.4, 0.5) is 5.69 Å². The van der Waals surface area contributed by atoms with Crippen molar-refractivity contribution in [3.8, 4) is 0 Å². The van der Waals surface area contributed by atoms with E-state index < -0.39 is 0 Å². The van der Waals surface area contributed by atoms with Crippen LogP contribution in [-0.4, -0.2) is 9.36 Å². The fourth-order valence-electron chi connectivity index (χ4n) is 1.61. The van der Waals surface area contributed by atoms with Gasteiger partial charge in [-0.3, -0.25) is 9.48 Å². The smallest absolute Gasteiger partial charge is 0.290 e. The van der Waals surface area contributed by atoms with Crippen molar-refractivity contribution in [1.82, 2.24) is 9.36 Å². The first-order valence-corrected chi connectivity index (χ1v) is 4.67. The van der Waals surface area contributed by atoms with E-state index in [1.165, 1.54) is 0 Å². The molecule has 0 saturated carbocycles. The van der Waals surface area contributed by atoms with Gasteiger partial charge in [0.05, 0.1) is 5.69 Å². The zero-order valence-electron chi connectivity index (χ0n) is 8.50. The Hall–Kier alpha value is -1.19. The highest BCUT2D eigenvalue weighted by Gasteiger charge is 2.12. The second-order valence-electron chi connectivity index (χ2n) is 3.15. The lowest BCUT2D eigenvalue weighted by Crippen LogP contribution is -2.21. The summed E-state index contributed by atoms with van der Waals surface area (Å²) >= 11 is 0. The fraction of sp³-hybridized carbons (Fsp3) is 0.667. The number of nitrogens with zero attached hydrogens (tertiary/aromatic N) is 2. The molecule has 0 aliphatic rings. The standard InChI is InChI=1S/C9H17N3O/c1-4-6-7-8(10)9(13)12(5-2)11(7)3/h4-6,10H2,1-3H3. The number of anilines is 1. The summed E-state index contributed by atoms with van der Waals surface area (Å²) < 4.78 is 3.52. The largest absolute Gasteiger partial charge is 0.393 e. The minimum absolute atomic E-state index is 0.0616. The minimum Gasteiger partial charge on any atom is -0.393 e. The maximum atomic E-state index is 11.5. The number of rotatable bonds is 3. The lowest BCUT2D eigenvalue weighted by atomic mass is 10.2. The van der Waals surface area contributed by atoms with Crippen LogP contribution in [0.2, 0.25) is 0 Å².